The standard InChI is InChI=1S/C19H31N3O/c1-5-20-19(23)16(4)22-12-10-21(11-13-22)14-17-6-8-18(9-7-17)15(2)3/h6-9,15-16H,5,10-14H2,1-4H3,(H,20,23)/t16-/m0/s1. The summed E-state index contributed by atoms with van der Waals surface area (Å²) in [4.78, 5) is 16.7. The number of amides is 1. The molecule has 1 heterocycles. The zero-order valence-corrected chi connectivity index (χ0v) is 15.0. The molecule has 1 aromatic rings. The van der Waals surface area contributed by atoms with Crippen molar-refractivity contribution in [1.29, 1.82) is 0 Å². The van der Waals surface area contributed by atoms with Crippen molar-refractivity contribution in [3.8, 4) is 0 Å². The predicted octanol–water partition coefficient (Wildman–Crippen LogP) is 2.45. The fourth-order valence-corrected chi connectivity index (χ4v) is 3.06. The maximum Gasteiger partial charge on any atom is 0.237 e. The molecule has 1 saturated heterocycles. The van der Waals surface area contributed by atoms with Crippen LogP contribution in [0.4, 0.5) is 0 Å². The lowest BCUT2D eigenvalue weighted by Crippen LogP contribution is -2.53. The molecule has 2 rings (SSSR count). The molecular formula is C19H31N3O. The summed E-state index contributed by atoms with van der Waals surface area (Å²) in [6.07, 6.45) is 0. The summed E-state index contributed by atoms with van der Waals surface area (Å²) in [5.41, 5.74) is 2.77. The van der Waals surface area contributed by atoms with Crippen LogP contribution in [0.15, 0.2) is 24.3 Å². The van der Waals surface area contributed by atoms with E-state index in [0.717, 1.165) is 32.7 Å². The molecule has 128 valence electrons. The van der Waals surface area contributed by atoms with Gasteiger partial charge in [0.05, 0.1) is 6.04 Å². The number of nitrogens with one attached hydrogen (secondary N) is 1. The number of hydrogen-bond donors (Lipinski definition) is 1. The minimum atomic E-state index is -0.0255. The highest BCUT2D eigenvalue weighted by atomic mass is 16.2. The Labute approximate surface area is 140 Å². The fraction of sp³-hybridized carbons (Fsp3) is 0.632. The number of rotatable bonds is 6. The van der Waals surface area contributed by atoms with Crippen molar-refractivity contribution in [1.82, 2.24) is 15.1 Å². The first-order chi connectivity index (χ1) is 11.0. The zero-order chi connectivity index (χ0) is 16.8. The van der Waals surface area contributed by atoms with E-state index in [9.17, 15) is 4.79 Å². The summed E-state index contributed by atoms with van der Waals surface area (Å²) >= 11 is 0. The summed E-state index contributed by atoms with van der Waals surface area (Å²) in [5.74, 6) is 0.730. The quantitative estimate of drug-likeness (QED) is 0.875. The minimum Gasteiger partial charge on any atom is -0.355 e. The van der Waals surface area contributed by atoms with Gasteiger partial charge in [0.25, 0.3) is 0 Å². The van der Waals surface area contributed by atoms with Crippen molar-refractivity contribution >= 4 is 5.91 Å². The van der Waals surface area contributed by atoms with Crippen LogP contribution in [0.2, 0.25) is 0 Å². The number of nitrogens with zero attached hydrogens (tertiary/aromatic N) is 2. The maximum absolute atomic E-state index is 11.9. The van der Waals surface area contributed by atoms with E-state index in [0.29, 0.717) is 12.5 Å². The Bertz CT molecular complexity index is 490. The van der Waals surface area contributed by atoms with Gasteiger partial charge in [0.1, 0.15) is 0 Å². The third-order valence-electron chi connectivity index (χ3n) is 4.74. The monoisotopic (exact) mass is 317 g/mol. The van der Waals surface area contributed by atoms with E-state index in [1.54, 1.807) is 0 Å². The third kappa shape index (κ3) is 5.05. The van der Waals surface area contributed by atoms with E-state index in [4.69, 9.17) is 0 Å². The largest absolute Gasteiger partial charge is 0.355 e. The van der Waals surface area contributed by atoms with Crippen LogP contribution in [0.25, 0.3) is 0 Å². The van der Waals surface area contributed by atoms with Crippen LogP contribution < -0.4 is 5.32 Å². The van der Waals surface area contributed by atoms with Gasteiger partial charge in [-0.05, 0) is 30.9 Å². The van der Waals surface area contributed by atoms with Gasteiger partial charge in [-0.2, -0.15) is 0 Å². The number of carbonyl (C=O) groups is 1. The van der Waals surface area contributed by atoms with Crippen molar-refractivity contribution in [2.45, 2.75) is 46.2 Å². The number of benzene rings is 1. The third-order valence-corrected chi connectivity index (χ3v) is 4.74. The average molecular weight is 317 g/mol. The maximum atomic E-state index is 11.9. The minimum absolute atomic E-state index is 0.0255. The second-order valence-electron chi connectivity index (χ2n) is 6.78. The molecule has 1 N–H and O–H groups in total. The van der Waals surface area contributed by atoms with Crippen molar-refractivity contribution in [3.05, 3.63) is 35.4 Å². The number of likely N-dealkylation sites (N-methyl/N-ethyl adjacent to an activating group) is 1. The van der Waals surface area contributed by atoms with Crippen LogP contribution in [0.3, 0.4) is 0 Å². The van der Waals surface area contributed by atoms with Gasteiger partial charge in [-0.15, -0.1) is 0 Å². The molecule has 1 aromatic carbocycles. The molecule has 4 nitrogen and oxygen atoms in total. The normalized spacial score (nSPS) is 18.1. The van der Waals surface area contributed by atoms with E-state index in [1.807, 2.05) is 13.8 Å². The molecule has 0 aromatic heterocycles. The first-order valence-corrected chi connectivity index (χ1v) is 8.84. The van der Waals surface area contributed by atoms with E-state index < -0.39 is 0 Å². The second kappa shape index (κ2) is 8.46. The van der Waals surface area contributed by atoms with Gasteiger partial charge in [-0.25, -0.2) is 0 Å². The van der Waals surface area contributed by atoms with Gasteiger partial charge < -0.3 is 5.32 Å². The van der Waals surface area contributed by atoms with Crippen LogP contribution in [-0.4, -0.2) is 54.5 Å². The van der Waals surface area contributed by atoms with E-state index in [1.165, 1.54) is 11.1 Å². The summed E-state index contributed by atoms with van der Waals surface area (Å²) in [6, 6.07) is 8.96. The van der Waals surface area contributed by atoms with E-state index in [2.05, 4.69) is 53.2 Å². The summed E-state index contributed by atoms with van der Waals surface area (Å²) in [6.45, 7) is 14.1. The number of hydrogen-bond acceptors (Lipinski definition) is 3. The van der Waals surface area contributed by atoms with Crippen LogP contribution in [0.5, 0.6) is 0 Å². The Morgan fingerprint density at radius 2 is 1.70 bits per heavy atom. The van der Waals surface area contributed by atoms with E-state index >= 15 is 0 Å². The smallest absolute Gasteiger partial charge is 0.237 e. The van der Waals surface area contributed by atoms with Crippen LogP contribution in [-0.2, 0) is 11.3 Å². The predicted molar refractivity (Wildman–Crippen MR) is 95.5 cm³/mol. The fourth-order valence-electron chi connectivity index (χ4n) is 3.06. The lowest BCUT2D eigenvalue weighted by Gasteiger charge is -2.37. The van der Waals surface area contributed by atoms with Gasteiger partial charge in [0.15, 0.2) is 0 Å². The Kier molecular flexibility index (Phi) is 6.60. The van der Waals surface area contributed by atoms with Crippen molar-refractivity contribution < 1.29 is 4.79 Å². The second-order valence-corrected chi connectivity index (χ2v) is 6.78. The molecule has 0 bridgehead atoms. The molecule has 23 heavy (non-hydrogen) atoms. The van der Waals surface area contributed by atoms with Crippen LogP contribution >= 0.6 is 0 Å². The summed E-state index contributed by atoms with van der Waals surface area (Å²) < 4.78 is 0. The summed E-state index contributed by atoms with van der Waals surface area (Å²) in [5, 5.41) is 2.91. The number of piperazine rings is 1. The number of carbonyl (C=O) groups excluding carboxylic acids is 1. The van der Waals surface area contributed by atoms with Crippen molar-refractivity contribution in [2.75, 3.05) is 32.7 Å². The lowest BCUT2D eigenvalue weighted by atomic mass is 10.0. The Hall–Kier alpha value is -1.39. The molecule has 0 saturated carbocycles. The summed E-state index contributed by atoms with van der Waals surface area (Å²) in [7, 11) is 0. The highest BCUT2D eigenvalue weighted by Crippen LogP contribution is 2.16. The highest BCUT2D eigenvalue weighted by molar-refractivity contribution is 5.81. The molecule has 1 aliphatic rings. The zero-order valence-electron chi connectivity index (χ0n) is 15.0. The molecule has 0 unspecified atom stereocenters. The highest BCUT2D eigenvalue weighted by Gasteiger charge is 2.25. The molecule has 1 atom stereocenters. The lowest BCUT2D eigenvalue weighted by molar-refractivity contribution is -0.126. The van der Waals surface area contributed by atoms with Gasteiger partial charge >= 0.3 is 0 Å². The molecule has 0 spiro atoms. The first kappa shape index (κ1) is 18.0. The van der Waals surface area contributed by atoms with Crippen LogP contribution in [0.1, 0.15) is 44.7 Å². The van der Waals surface area contributed by atoms with Crippen LogP contribution in [0, 0.1) is 0 Å². The van der Waals surface area contributed by atoms with Gasteiger partial charge in [0.2, 0.25) is 5.91 Å². The molecule has 1 amide bonds. The molecular weight excluding hydrogens is 286 g/mol. The molecule has 0 radical (unpaired) electrons. The Balaban J connectivity index is 1.81. The average Bonchev–Trinajstić information content (AvgIpc) is 2.55. The molecule has 0 aliphatic carbocycles. The Morgan fingerprint density at radius 1 is 1.09 bits per heavy atom. The van der Waals surface area contributed by atoms with Crippen molar-refractivity contribution in [2.24, 2.45) is 0 Å². The Morgan fingerprint density at radius 3 is 2.22 bits per heavy atom. The van der Waals surface area contributed by atoms with Crippen molar-refractivity contribution in [3.63, 3.8) is 0 Å². The first-order valence-electron chi connectivity index (χ1n) is 8.84. The molecule has 4 heteroatoms. The van der Waals surface area contributed by atoms with Gasteiger partial charge in [-0.1, -0.05) is 38.1 Å². The SMILES string of the molecule is CCNC(=O)[C@H](C)N1CCN(Cc2ccc(C(C)C)cc2)CC1. The molecule has 1 fully saturated rings. The van der Waals surface area contributed by atoms with Gasteiger partial charge in [-0.3, -0.25) is 14.6 Å². The topological polar surface area (TPSA) is 35.6 Å². The van der Waals surface area contributed by atoms with Gasteiger partial charge in [0, 0.05) is 39.3 Å². The van der Waals surface area contributed by atoms with E-state index in [-0.39, 0.29) is 11.9 Å². The molecule has 1 aliphatic heterocycles.